The molecule has 1 unspecified atom stereocenters. The van der Waals surface area contributed by atoms with Crippen LogP contribution in [-0.2, 0) is 4.74 Å². The average molecular weight is 548 g/mol. The van der Waals surface area contributed by atoms with E-state index in [1.807, 2.05) is 0 Å². The third-order valence-electron chi connectivity index (χ3n) is 5.58. The van der Waals surface area contributed by atoms with E-state index in [4.69, 9.17) is 25.8 Å². The molecule has 3 aromatic carbocycles. The topological polar surface area (TPSA) is 87.1 Å². The van der Waals surface area contributed by atoms with Crippen LogP contribution in [0.2, 0.25) is 5.02 Å². The van der Waals surface area contributed by atoms with Crippen molar-refractivity contribution < 1.29 is 42.0 Å². The fourth-order valence-corrected chi connectivity index (χ4v) is 4.20. The predicted octanol–water partition coefficient (Wildman–Crippen LogP) is 8.40. The quantitative estimate of drug-likeness (QED) is 0.222. The molecule has 0 radical (unpaired) electrons. The Hall–Kier alpha value is -4.18. The minimum absolute atomic E-state index is 0.310. The zero-order valence-electron chi connectivity index (χ0n) is 20.1. The number of rotatable bonds is 8. The summed E-state index contributed by atoms with van der Waals surface area (Å²) in [5.41, 5.74) is 2.48. The van der Waals surface area contributed by atoms with Crippen molar-refractivity contribution in [3.05, 3.63) is 77.4 Å². The largest absolute Gasteiger partial charge is 0.573 e. The van der Waals surface area contributed by atoms with Crippen molar-refractivity contribution in [2.45, 2.75) is 25.8 Å². The molecule has 0 spiro atoms. The number of hydrogen-bond donors (Lipinski definition) is 1. The van der Waals surface area contributed by atoms with Gasteiger partial charge in [-0.1, -0.05) is 30.7 Å². The summed E-state index contributed by atoms with van der Waals surface area (Å²) in [4.78, 5) is 16.0. The van der Waals surface area contributed by atoms with Gasteiger partial charge in [-0.15, -0.1) is 13.2 Å². The van der Waals surface area contributed by atoms with Crippen LogP contribution < -0.4 is 14.2 Å². The van der Waals surface area contributed by atoms with Crippen LogP contribution in [-0.4, -0.2) is 29.7 Å². The number of aromatic nitrogens is 1. The predicted molar refractivity (Wildman–Crippen MR) is 134 cm³/mol. The molecule has 1 heterocycles. The molecule has 1 N–H and O–H groups in total. The van der Waals surface area contributed by atoms with Crippen molar-refractivity contribution in [1.29, 1.82) is 0 Å². The minimum atomic E-state index is -4.78. The van der Waals surface area contributed by atoms with E-state index in [0.717, 1.165) is 12.1 Å². The summed E-state index contributed by atoms with van der Waals surface area (Å²) in [5.74, 6) is 0.806. The lowest BCUT2D eigenvalue weighted by molar-refractivity contribution is -0.274. The summed E-state index contributed by atoms with van der Waals surface area (Å²) in [6, 6.07) is 15.2. The van der Waals surface area contributed by atoms with Gasteiger partial charge in [-0.3, -0.25) is 4.98 Å². The lowest BCUT2D eigenvalue weighted by Gasteiger charge is -2.21. The van der Waals surface area contributed by atoms with Crippen molar-refractivity contribution in [3.63, 3.8) is 0 Å². The van der Waals surface area contributed by atoms with E-state index in [-0.39, 0.29) is 5.75 Å². The molecule has 198 valence electrons. The standard InChI is InChI=1S/C27H21ClF3NO6/c1-3-23(37-26(33)34)25-19-12-21(28)24(35-2)13-22(19)32-14-20(25)15-4-6-16(7-5-15)36-17-8-10-18(11-9-17)38-27(29,30)31/h4-14,23H,3H2,1-2H3,(H,33,34). The normalized spacial score (nSPS) is 12.2. The molecule has 0 amide bonds. The van der Waals surface area contributed by atoms with E-state index >= 15 is 0 Å². The zero-order chi connectivity index (χ0) is 27.4. The first-order valence-electron chi connectivity index (χ1n) is 11.3. The van der Waals surface area contributed by atoms with Crippen LogP contribution in [0.4, 0.5) is 18.0 Å². The second kappa shape index (κ2) is 11.1. The highest BCUT2D eigenvalue weighted by atomic mass is 35.5. The number of nitrogens with zero attached hydrogens (tertiary/aromatic N) is 1. The number of alkyl halides is 3. The number of carboxylic acid groups (broad SMARTS) is 1. The van der Waals surface area contributed by atoms with E-state index in [2.05, 4.69) is 9.72 Å². The van der Waals surface area contributed by atoms with Crippen molar-refractivity contribution in [1.82, 2.24) is 4.98 Å². The molecular weight excluding hydrogens is 527 g/mol. The number of hydrogen-bond acceptors (Lipinski definition) is 6. The van der Waals surface area contributed by atoms with Crippen LogP contribution in [0, 0.1) is 0 Å². The molecule has 0 aliphatic rings. The van der Waals surface area contributed by atoms with Crippen molar-refractivity contribution >= 4 is 28.7 Å². The van der Waals surface area contributed by atoms with E-state index < -0.39 is 18.6 Å². The highest BCUT2D eigenvalue weighted by Gasteiger charge is 2.31. The molecule has 1 atom stereocenters. The summed E-state index contributed by atoms with van der Waals surface area (Å²) in [5, 5.41) is 10.3. The summed E-state index contributed by atoms with van der Waals surface area (Å²) in [6.07, 6.45) is -5.02. The van der Waals surface area contributed by atoms with E-state index in [1.54, 1.807) is 49.5 Å². The Balaban J connectivity index is 1.69. The summed E-state index contributed by atoms with van der Waals surface area (Å²) >= 11 is 6.38. The first-order valence-corrected chi connectivity index (χ1v) is 11.7. The molecule has 0 saturated heterocycles. The third kappa shape index (κ3) is 6.20. The van der Waals surface area contributed by atoms with Gasteiger partial charge in [0.25, 0.3) is 0 Å². The highest BCUT2D eigenvalue weighted by Crippen LogP contribution is 2.40. The monoisotopic (exact) mass is 547 g/mol. The van der Waals surface area contributed by atoms with Gasteiger partial charge in [-0.05, 0) is 54.4 Å². The van der Waals surface area contributed by atoms with Gasteiger partial charge in [0, 0.05) is 28.8 Å². The Kier molecular flexibility index (Phi) is 7.82. The zero-order valence-corrected chi connectivity index (χ0v) is 20.8. The Morgan fingerprint density at radius 3 is 2.18 bits per heavy atom. The van der Waals surface area contributed by atoms with Crippen molar-refractivity contribution in [3.8, 4) is 34.1 Å². The van der Waals surface area contributed by atoms with Crippen molar-refractivity contribution in [2.75, 3.05) is 7.11 Å². The molecule has 0 fully saturated rings. The number of carbonyl (C=O) groups is 1. The van der Waals surface area contributed by atoms with Crippen LogP contribution in [0.15, 0.2) is 66.9 Å². The van der Waals surface area contributed by atoms with Gasteiger partial charge in [0.2, 0.25) is 0 Å². The Labute approximate surface area is 220 Å². The molecule has 0 aliphatic carbocycles. The van der Waals surface area contributed by atoms with Crippen LogP contribution in [0.5, 0.6) is 23.0 Å². The van der Waals surface area contributed by atoms with Gasteiger partial charge < -0.3 is 24.1 Å². The second-order valence-corrected chi connectivity index (χ2v) is 8.42. The number of fused-ring (bicyclic) bond motifs is 1. The smallest absolute Gasteiger partial charge is 0.495 e. The van der Waals surface area contributed by atoms with Gasteiger partial charge in [-0.25, -0.2) is 4.79 Å². The lowest BCUT2D eigenvalue weighted by Crippen LogP contribution is -2.16. The van der Waals surface area contributed by atoms with E-state index in [1.165, 1.54) is 19.2 Å². The summed E-state index contributed by atoms with van der Waals surface area (Å²) in [7, 11) is 1.49. The van der Waals surface area contributed by atoms with Crippen LogP contribution >= 0.6 is 11.6 Å². The Morgan fingerprint density at radius 2 is 1.63 bits per heavy atom. The van der Waals surface area contributed by atoms with Crippen LogP contribution in [0.1, 0.15) is 25.0 Å². The number of benzene rings is 3. The Bertz CT molecular complexity index is 1440. The second-order valence-electron chi connectivity index (χ2n) is 8.02. The minimum Gasteiger partial charge on any atom is -0.495 e. The fraction of sp³-hybridized carbons (Fsp3) is 0.185. The lowest BCUT2D eigenvalue weighted by atomic mass is 9.92. The molecule has 0 bridgehead atoms. The van der Waals surface area contributed by atoms with Gasteiger partial charge in [0.15, 0.2) is 0 Å². The maximum absolute atomic E-state index is 12.4. The Morgan fingerprint density at radius 1 is 1.03 bits per heavy atom. The fourth-order valence-electron chi connectivity index (χ4n) is 3.96. The van der Waals surface area contributed by atoms with Gasteiger partial charge in [0.05, 0.1) is 17.6 Å². The number of halogens is 4. The maximum Gasteiger partial charge on any atom is 0.573 e. The third-order valence-corrected chi connectivity index (χ3v) is 5.87. The molecule has 0 aliphatic heterocycles. The SMILES string of the molecule is CCC(OC(=O)O)c1c(-c2ccc(Oc3ccc(OC(F)(F)F)cc3)cc2)cnc2cc(OC)c(Cl)cc12. The van der Waals surface area contributed by atoms with E-state index in [0.29, 0.717) is 56.3 Å². The van der Waals surface area contributed by atoms with Crippen LogP contribution in [0.3, 0.4) is 0 Å². The summed E-state index contributed by atoms with van der Waals surface area (Å²) in [6.45, 7) is 1.80. The van der Waals surface area contributed by atoms with Gasteiger partial charge in [-0.2, -0.15) is 0 Å². The molecule has 0 saturated carbocycles. The number of pyridine rings is 1. The molecule has 1 aromatic heterocycles. The van der Waals surface area contributed by atoms with Crippen LogP contribution in [0.25, 0.3) is 22.0 Å². The molecular formula is C27H21ClF3NO6. The number of methoxy groups -OCH3 is 1. The summed E-state index contributed by atoms with van der Waals surface area (Å²) < 4.78 is 57.2. The number of ether oxygens (including phenoxy) is 4. The van der Waals surface area contributed by atoms with Gasteiger partial charge in [0.1, 0.15) is 29.1 Å². The average Bonchev–Trinajstić information content (AvgIpc) is 2.87. The molecule has 4 rings (SSSR count). The molecule has 11 heteroatoms. The van der Waals surface area contributed by atoms with Crippen molar-refractivity contribution in [2.24, 2.45) is 0 Å². The first kappa shape index (κ1) is 26.9. The molecule has 38 heavy (non-hydrogen) atoms. The first-order chi connectivity index (χ1) is 18.1. The molecule has 4 aromatic rings. The molecule has 7 nitrogen and oxygen atoms in total. The highest BCUT2D eigenvalue weighted by molar-refractivity contribution is 6.33. The van der Waals surface area contributed by atoms with Gasteiger partial charge >= 0.3 is 12.5 Å². The maximum atomic E-state index is 12.4. The van der Waals surface area contributed by atoms with E-state index in [9.17, 15) is 23.1 Å².